The molecule has 2 fully saturated rings. The highest BCUT2D eigenvalue weighted by molar-refractivity contribution is 7.80. The summed E-state index contributed by atoms with van der Waals surface area (Å²) in [5, 5.41) is 14.6. The second kappa shape index (κ2) is 9.79. The topological polar surface area (TPSA) is 88.0 Å². The van der Waals surface area contributed by atoms with Crippen LogP contribution in [-0.2, 0) is 0 Å². The molecule has 34 heavy (non-hydrogen) atoms. The number of hydrogen-bond acceptors (Lipinski definition) is 6. The van der Waals surface area contributed by atoms with Crippen LogP contribution in [0.5, 0.6) is 0 Å². The third-order valence-electron chi connectivity index (χ3n) is 6.37. The van der Waals surface area contributed by atoms with Gasteiger partial charge in [-0.1, -0.05) is 0 Å². The number of aromatic nitrogens is 4. The highest BCUT2D eigenvalue weighted by atomic mass is 32.1. The molecule has 0 bridgehead atoms. The van der Waals surface area contributed by atoms with E-state index in [2.05, 4.69) is 30.6 Å². The van der Waals surface area contributed by atoms with Gasteiger partial charge in [0.05, 0.1) is 16.4 Å². The van der Waals surface area contributed by atoms with Crippen LogP contribution < -0.4 is 10.6 Å². The van der Waals surface area contributed by atoms with Crippen LogP contribution in [0.1, 0.15) is 58.5 Å². The first-order chi connectivity index (χ1) is 16.5. The van der Waals surface area contributed by atoms with E-state index >= 15 is 0 Å². The summed E-state index contributed by atoms with van der Waals surface area (Å²) in [4.78, 5) is 24.4. The molecule has 1 amide bonds. The van der Waals surface area contributed by atoms with Crippen molar-refractivity contribution < 1.29 is 4.79 Å². The van der Waals surface area contributed by atoms with Gasteiger partial charge in [-0.3, -0.25) is 4.79 Å². The quantitative estimate of drug-likeness (QED) is 0.499. The SMILES string of the molecule is Cc1cc(C)n(-c2ncccc2NC(=O)c2csc(C3CCN(C(=S)NCC4CC4)CC3)n2)n1. The molecule has 4 heterocycles. The minimum atomic E-state index is -0.235. The molecule has 2 N–H and O–H groups in total. The van der Waals surface area contributed by atoms with Crippen LogP contribution in [0, 0.1) is 19.8 Å². The molecule has 10 heteroatoms. The fourth-order valence-electron chi connectivity index (χ4n) is 4.27. The first-order valence-corrected chi connectivity index (χ1v) is 13.0. The monoisotopic (exact) mass is 495 g/mol. The zero-order valence-electron chi connectivity index (χ0n) is 19.5. The van der Waals surface area contributed by atoms with Gasteiger partial charge >= 0.3 is 0 Å². The van der Waals surface area contributed by atoms with Crippen molar-refractivity contribution in [2.24, 2.45) is 5.92 Å². The van der Waals surface area contributed by atoms with E-state index in [-0.39, 0.29) is 5.91 Å². The summed E-state index contributed by atoms with van der Waals surface area (Å²) in [6, 6.07) is 5.61. The molecule has 0 aromatic carbocycles. The molecule has 8 nitrogen and oxygen atoms in total. The van der Waals surface area contributed by atoms with Gasteiger partial charge < -0.3 is 15.5 Å². The maximum Gasteiger partial charge on any atom is 0.275 e. The molecule has 0 radical (unpaired) electrons. The number of likely N-dealkylation sites (tertiary alicyclic amines) is 1. The van der Waals surface area contributed by atoms with Gasteiger partial charge in [-0.05, 0) is 75.9 Å². The second-order valence-corrected chi connectivity index (χ2v) is 10.4. The molecule has 1 aliphatic heterocycles. The molecule has 0 atom stereocenters. The summed E-state index contributed by atoms with van der Waals surface area (Å²) in [7, 11) is 0. The summed E-state index contributed by atoms with van der Waals surface area (Å²) in [5.41, 5.74) is 2.90. The predicted molar refractivity (Wildman–Crippen MR) is 138 cm³/mol. The molecular formula is C24H29N7OS2. The minimum Gasteiger partial charge on any atom is -0.362 e. The number of hydrogen-bond donors (Lipinski definition) is 2. The van der Waals surface area contributed by atoms with Crippen molar-refractivity contribution in [2.75, 3.05) is 25.0 Å². The van der Waals surface area contributed by atoms with Gasteiger partial charge in [0, 0.05) is 42.8 Å². The van der Waals surface area contributed by atoms with Gasteiger partial charge in [0.25, 0.3) is 5.91 Å². The van der Waals surface area contributed by atoms with Gasteiger partial charge in [0.1, 0.15) is 5.69 Å². The first-order valence-electron chi connectivity index (χ1n) is 11.8. The highest BCUT2D eigenvalue weighted by Gasteiger charge is 2.27. The van der Waals surface area contributed by atoms with Crippen LogP contribution in [-0.4, -0.2) is 55.3 Å². The summed E-state index contributed by atoms with van der Waals surface area (Å²) >= 11 is 7.13. The Morgan fingerprint density at radius 2 is 2.03 bits per heavy atom. The molecule has 0 spiro atoms. The number of aryl methyl sites for hydroxylation is 2. The Kier molecular flexibility index (Phi) is 6.60. The third kappa shape index (κ3) is 5.12. The number of thiocarbonyl (C=S) groups is 1. The Labute approximate surface area is 208 Å². The van der Waals surface area contributed by atoms with Crippen molar-refractivity contribution in [2.45, 2.75) is 45.4 Å². The Hall–Kier alpha value is -2.85. The second-order valence-electron chi connectivity index (χ2n) is 9.13. The molecular weight excluding hydrogens is 466 g/mol. The molecule has 3 aromatic heterocycles. The van der Waals surface area contributed by atoms with Crippen LogP contribution >= 0.6 is 23.6 Å². The fraction of sp³-hybridized carbons (Fsp3) is 0.458. The molecule has 2 aliphatic rings. The maximum atomic E-state index is 13.0. The van der Waals surface area contributed by atoms with Gasteiger partial charge in [-0.25, -0.2) is 14.6 Å². The molecule has 178 valence electrons. The van der Waals surface area contributed by atoms with E-state index in [4.69, 9.17) is 12.2 Å². The zero-order chi connectivity index (χ0) is 23.7. The predicted octanol–water partition coefficient (Wildman–Crippen LogP) is 4.06. The van der Waals surface area contributed by atoms with E-state index in [0.29, 0.717) is 23.1 Å². The third-order valence-corrected chi connectivity index (χ3v) is 7.78. The number of carbonyl (C=O) groups excluding carboxylic acids is 1. The van der Waals surface area contributed by atoms with Crippen LogP contribution in [0.4, 0.5) is 5.69 Å². The van der Waals surface area contributed by atoms with E-state index in [1.165, 1.54) is 12.8 Å². The number of nitrogens with zero attached hydrogens (tertiary/aromatic N) is 5. The maximum absolute atomic E-state index is 13.0. The average molecular weight is 496 g/mol. The van der Waals surface area contributed by atoms with Crippen LogP contribution in [0.2, 0.25) is 0 Å². The highest BCUT2D eigenvalue weighted by Crippen LogP contribution is 2.31. The number of thiazole rings is 1. The van der Waals surface area contributed by atoms with Crippen LogP contribution in [0.15, 0.2) is 29.8 Å². The number of amides is 1. The Bertz CT molecular complexity index is 1190. The van der Waals surface area contributed by atoms with E-state index in [0.717, 1.165) is 59.9 Å². The number of rotatable bonds is 6. The molecule has 3 aromatic rings. The summed E-state index contributed by atoms with van der Waals surface area (Å²) in [6.07, 6.45) is 6.32. The van der Waals surface area contributed by atoms with E-state index in [1.807, 2.05) is 31.4 Å². The number of piperidine rings is 1. The zero-order valence-corrected chi connectivity index (χ0v) is 21.1. The van der Waals surface area contributed by atoms with Gasteiger partial charge in [-0.2, -0.15) is 5.10 Å². The Morgan fingerprint density at radius 1 is 1.24 bits per heavy atom. The van der Waals surface area contributed by atoms with Crippen molar-refractivity contribution in [1.82, 2.24) is 30.0 Å². The average Bonchev–Trinajstić information content (AvgIpc) is 3.42. The van der Waals surface area contributed by atoms with Gasteiger partial charge in [0.15, 0.2) is 10.9 Å². The normalized spacial score (nSPS) is 16.5. The lowest BCUT2D eigenvalue weighted by atomic mass is 9.98. The van der Waals surface area contributed by atoms with Crippen molar-refractivity contribution in [1.29, 1.82) is 0 Å². The van der Waals surface area contributed by atoms with Crippen molar-refractivity contribution >= 4 is 40.3 Å². The lowest BCUT2D eigenvalue weighted by molar-refractivity contribution is 0.102. The number of pyridine rings is 1. The van der Waals surface area contributed by atoms with E-state index < -0.39 is 0 Å². The van der Waals surface area contributed by atoms with E-state index in [1.54, 1.807) is 28.3 Å². The van der Waals surface area contributed by atoms with Gasteiger partial charge in [0.2, 0.25) is 0 Å². The molecule has 0 unspecified atom stereocenters. The van der Waals surface area contributed by atoms with Crippen molar-refractivity contribution in [3.8, 4) is 5.82 Å². The number of nitrogens with one attached hydrogen (secondary N) is 2. The standard InChI is InChI=1S/C24H29N7OS2/c1-15-12-16(2)31(29-15)21-19(4-3-9-25-21)27-22(32)20-14-34-23(28-20)18-7-10-30(11-8-18)24(33)26-13-17-5-6-17/h3-4,9,12,14,17-18H,5-8,10-11,13H2,1-2H3,(H,26,33)(H,27,32). The summed E-state index contributed by atoms with van der Waals surface area (Å²) < 4.78 is 1.75. The molecule has 1 saturated heterocycles. The molecule has 5 rings (SSSR count). The molecule has 1 saturated carbocycles. The Morgan fingerprint density at radius 3 is 2.74 bits per heavy atom. The first kappa shape index (κ1) is 22.9. The van der Waals surface area contributed by atoms with E-state index in [9.17, 15) is 4.79 Å². The largest absolute Gasteiger partial charge is 0.362 e. The lowest BCUT2D eigenvalue weighted by Crippen LogP contribution is -2.44. The summed E-state index contributed by atoms with van der Waals surface area (Å²) in [5.74, 6) is 1.53. The number of anilines is 1. The van der Waals surface area contributed by atoms with Crippen molar-refractivity contribution in [3.05, 3.63) is 51.9 Å². The van der Waals surface area contributed by atoms with Crippen molar-refractivity contribution in [3.63, 3.8) is 0 Å². The fourth-order valence-corrected chi connectivity index (χ4v) is 5.50. The van der Waals surface area contributed by atoms with Gasteiger partial charge in [-0.15, -0.1) is 11.3 Å². The number of carbonyl (C=O) groups is 1. The lowest BCUT2D eigenvalue weighted by Gasteiger charge is -2.33. The Balaban J connectivity index is 1.21. The molecule has 1 aliphatic carbocycles. The smallest absolute Gasteiger partial charge is 0.275 e. The summed E-state index contributed by atoms with van der Waals surface area (Å²) in [6.45, 7) is 6.74. The minimum absolute atomic E-state index is 0.235. The van der Waals surface area contributed by atoms with Crippen LogP contribution in [0.25, 0.3) is 5.82 Å². The van der Waals surface area contributed by atoms with Crippen LogP contribution in [0.3, 0.4) is 0 Å².